The average Bonchev–Trinajstić information content (AvgIpc) is 2.98. The van der Waals surface area contributed by atoms with E-state index in [4.69, 9.17) is 5.73 Å². The van der Waals surface area contributed by atoms with Crippen LogP contribution >= 0.6 is 11.3 Å². The standard InChI is InChI=1S/C16H11F3N2O2S/c17-16(18,19)13-5-9(8-24-13)7-21-12-4-2-1-3-10(12)11(15(20)23)6-14(21)22/h1-6,8H,7H2,(H2,20,23). The van der Waals surface area contributed by atoms with E-state index in [-0.39, 0.29) is 12.1 Å². The molecule has 3 aromatic rings. The second-order valence-corrected chi connectivity index (χ2v) is 6.09. The molecule has 0 atom stereocenters. The summed E-state index contributed by atoms with van der Waals surface area (Å²) in [5, 5.41) is 1.85. The predicted molar refractivity (Wildman–Crippen MR) is 85.1 cm³/mol. The van der Waals surface area contributed by atoms with Crippen LogP contribution in [0.3, 0.4) is 0 Å². The number of nitrogens with zero attached hydrogens (tertiary/aromatic N) is 1. The number of benzene rings is 1. The fourth-order valence-electron chi connectivity index (χ4n) is 2.49. The highest BCUT2D eigenvalue weighted by atomic mass is 32.1. The molecule has 2 aromatic heterocycles. The molecule has 1 aromatic carbocycles. The van der Waals surface area contributed by atoms with Gasteiger partial charge in [-0.15, -0.1) is 11.3 Å². The number of carbonyl (C=O) groups excluding carboxylic acids is 1. The van der Waals surface area contributed by atoms with Gasteiger partial charge in [0.05, 0.1) is 17.6 Å². The van der Waals surface area contributed by atoms with Crippen LogP contribution in [0, 0.1) is 0 Å². The van der Waals surface area contributed by atoms with Gasteiger partial charge in [0.1, 0.15) is 4.88 Å². The summed E-state index contributed by atoms with van der Waals surface area (Å²) >= 11 is 0.581. The number of fused-ring (bicyclic) bond motifs is 1. The molecule has 2 heterocycles. The molecule has 8 heteroatoms. The number of thiophene rings is 1. The van der Waals surface area contributed by atoms with Crippen molar-refractivity contribution in [3.63, 3.8) is 0 Å². The second kappa shape index (κ2) is 5.79. The Labute approximate surface area is 137 Å². The van der Waals surface area contributed by atoms with Crippen LogP contribution in [-0.2, 0) is 12.7 Å². The van der Waals surface area contributed by atoms with Gasteiger partial charge in [0.2, 0.25) is 5.91 Å². The largest absolute Gasteiger partial charge is 0.425 e. The maximum Gasteiger partial charge on any atom is 0.425 e. The van der Waals surface area contributed by atoms with E-state index in [1.54, 1.807) is 24.3 Å². The first-order valence-corrected chi connectivity index (χ1v) is 7.72. The van der Waals surface area contributed by atoms with Crippen LogP contribution in [0.1, 0.15) is 20.8 Å². The molecule has 4 nitrogen and oxygen atoms in total. The first-order valence-electron chi connectivity index (χ1n) is 6.84. The SMILES string of the molecule is NC(=O)c1cc(=O)n(Cc2csc(C(F)(F)F)c2)c2ccccc12. The van der Waals surface area contributed by atoms with E-state index in [0.29, 0.717) is 27.8 Å². The topological polar surface area (TPSA) is 65.1 Å². The Kier molecular flexibility index (Phi) is 3.92. The Morgan fingerprint density at radius 3 is 2.54 bits per heavy atom. The molecule has 0 saturated carbocycles. The van der Waals surface area contributed by atoms with Gasteiger partial charge in [-0.2, -0.15) is 13.2 Å². The van der Waals surface area contributed by atoms with Crippen LogP contribution in [-0.4, -0.2) is 10.5 Å². The highest BCUT2D eigenvalue weighted by molar-refractivity contribution is 7.10. The van der Waals surface area contributed by atoms with Crippen LogP contribution in [0.2, 0.25) is 0 Å². The fraction of sp³-hybridized carbons (Fsp3) is 0.125. The van der Waals surface area contributed by atoms with Gasteiger partial charge in [-0.3, -0.25) is 9.59 Å². The Morgan fingerprint density at radius 1 is 1.21 bits per heavy atom. The van der Waals surface area contributed by atoms with Gasteiger partial charge in [-0.25, -0.2) is 0 Å². The fourth-order valence-corrected chi connectivity index (χ4v) is 3.27. The molecule has 0 aliphatic carbocycles. The first kappa shape index (κ1) is 16.3. The average molecular weight is 352 g/mol. The number of amides is 1. The zero-order valence-corrected chi connectivity index (χ0v) is 12.9. The highest BCUT2D eigenvalue weighted by Crippen LogP contribution is 2.34. The zero-order valence-electron chi connectivity index (χ0n) is 12.1. The number of primary amides is 1. The predicted octanol–water partition coefficient (Wildman–Crippen LogP) is 3.23. The minimum atomic E-state index is -4.41. The minimum Gasteiger partial charge on any atom is -0.366 e. The van der Waals surface area contributed by atoms with Gasteiger partial charge in [-0.05, 0) is 23.1 Å². The molecule has 0 aliphatic rings. The van der Waals surface area contributed by atoms with E-state index >= 15 is 0 Å². The van der Waals surface area contributed by atoms with Crippen molar-refractivity contribution >= 4 is 28.1 Å². The molecule has 2 N–H and O–H groups in total. The highest BCUT2D eigenvalue weighted by Gasteiger charge is 2.32. The van der Waals surface area contributed by atoms with Crippen molar-refractivity contribution in [3.05, 3.63) is 68.1 Å². The number of carbonyl (C=O) groups is 1. The molecule has 0 aliphatic heterocycles. The van der Waals surface area contributed by atoms with Crippen LogP contribution in [0.15, 0.2) is 46.6 Å². The molecular formula is C16H11F3N2O2S. The molecule has 0 spiro atoms. The number of rotatable bonds is 3. The van der Waals surface area contributed by atoms with E-state index in [1.165, 1.54) is 9.95 Å². The van der Waals surface area contributed by atoms with Gasteiger partial charge in [0, 0.05) is 11.5 Å². The van der Waals surface area contributed by atoms with Crippen LogP contribution in [0.25, 0.3) is 10.9 Å². The lowest BCUT2D eigenvalue weighted by Crippen LogP contribution is -2.24. The lowest BCUT2D eigenvalue weighted by atomic mass is 10.1. The van der Waals surface area contributed by atoms with Gasteiger partial charge >= 0.3 is 6.18 Å². The summed E-state index contributed by atoms with van der Waals surface area (Å²) in [6.45, 7) is -0.0228. The third kappa shape index (κ3) is 2.92. The molecule has 0 bridgehead atoms. The lowest BCUT2D eigenvalue weighted by molar-refractivity contribution is -0.134. The Bertz CT molecular complexity index is 989. The third-order valence-electron chi connectivity index (χ3n) is 3.56. The van der Waals surface area contributed by atoms with Crippen molar-refractivity contribution in [2.45, 2.75) is 12.7 Å². The second-order valence-electron chi connectivity index (χ2n) is 5.18. The molecule has 1 amide bonds. The summed E-state index contributed by atoms with van der Waals surface area (Å²) < 4.78 is 39.4. The van der Waals surface area contributed by atoms with Gasteiger partial charge in [0.25, 0.3) is 5.56 Å². The Balaban J connectivity index is 2.12. The summed E-state index contributed by atoms with van der Waals surface area (Å²) in [5.74, 6) is -0.731. The van der Waals surface area contributed by atoms with E-state index in [0.717, 1.165) is 12.1 Å². The molecular weight excluding hydrogens is 341 g/mol. The van der Waals surface area contributed by atoms with Crippen molar-refractivity contribution in [1.82, 2.24) is 4.57 Å². The minimum absolute atomic E-state index is 0.0228. The quantitative estimate of drug-likeness (QED) is 0.786. The monoisotopic (exact) mass is 352 g/mol. The molecule has 0 fully saturated rings. The maximum absolute atomic E-state index is 12.7. The number of para-hydroxylation sites is 1. The molecule has 0 unspecified atom stereocenters. The number of pyridine rings is 1. The van der Waals surface area contributed by atoms with Crippen LogP contribution < -0.4 is 11.3 Å². The molecule has 0 radical (unpaired) electrons. The smallest absolute Gasteiger partial charge is 0.366 e. The molecule has 3 rings (SSSR count). The van der Waals surface area contributed by atoms with Crippen molar-refractivity contribution in [1.29, 1.82) is 0 Å². The van der Waals surface area contributed by atoms with Gasteiger partial charge in [0.15, 0.2) is 0 Å². The Morgan fingerprint density at radius 2 is 1.92 bits per heavy atom. The van der Waals surface area contributed by atoms with Gasteiger partial charge in [-0.1, -0.05) is 18.2 Å². The van der Waals surface area contributed by atoms with Crippen molar-refractivity contribution in [2.75, 3.05) is 0 Å². The number of nitrogens with two attached hydrogens (primary N) is 1. The molecule has 24 heavy (non-hydrogen) atoms. The zero-order chi connectivity index (χ0) is 17.5. The van der Waals surface area contributed by atoms with Crippen molar-refractivity contribution in [2.24, 2.45) is 5.73 Å². The van der Waals surface area contributed by atoms with E-state index in [1.807, 2.05) is 0 Å². The number of aromatic nitrogens is 1. The molecule has 124 valence electrons. The number of alkyl halides is 3. The van der Waals surface area contributed by atoms with E-state index in [2.05, 4.69) is 0 Å². The van der Waals surface area contributed by atoms with Gasteiger partial charge < -0.3 is 10.3 Å². The van der Waals surface area contributed by atoms with Crippen molar-refractivity contribution < 1.29 is 18.0 Å². The maximum atomic E-state index is 12.7. The Hall–Kier alpha value is -2.61. The van der Waals surface area contributed by atoms with Crippen LogP contribution in [0.5, 0.6) is 0 Å². The summed E-state index contributed by atoms with van der Waals surface area (Å²) in [7, 11) is 0. The number of halogens is 3. The summed E-state index contributed by atoms with van der Waals surface area (Å²) in [6.07, 6.45) is -4.41. The summed E-state index contributed by atoms with van der Waals surface area (Å²) in [4.78, 5) is 23.1. The van der Waals surface area contributed by atoms with E-state index < -0.39 is 22.5 Å². The summed E-state index contributed by atoms with van der Waals surface area (Å²) in [5.41, 5.74) is 5.70. The first-order chi connectivity index (χ1) is 11.3. The van der Waals surface area contributed by atoms with Crippen molar-refractivity contribution in [3.8, 4) is 0 Å². The number of hydrogen-bond acceptors (Lipinski definition) is 3. The van der Waals surface area contributed by atoms with E-state index in [9.17, 15) is 22.8 Å². The normalized spacial score (nSPS) is 11.8. The summed E-state index contributed by atoms with van der Waals surface area (Å²) in [6, 6.07) is 8.77. The van der Waals surface area contributed by atoms with Crippen LogP contribution in [0.4, 0.5) is 13.2 Å². The third-order valence-corrected chi connectivity index (χ3v) is 4.58. The number of hydrogen-bond donors (Lipinski definition) is 1. The molecule has 0 saturated heterocycles. The lowest BCUT2D eigenvalue weighted by Gasteiger charge is -2.11.